The van der Waals surface area contributed by atoms with Crippen molar-refractivity contribution in [2.24, 2.45) is 11.8 Å². The van der Waals surface area contributed by atoms with Gasteiger partial charge in [-0.25, -0.2) is 17.9 Å². The lowest BCUT2D eigenvalue weighted by Crippen LogP contribution is -2.28. The van der Waals surface area contributed by atoms with Gasteiger partial charge in [0.25, 0.3) is 0 Å². The Labute approximate surface area is 116 Å². The second-order valence-electron chi connectivity index (χ2n) is 5.05. The molecular formula is C12H17NO4S2. The Hall–Kier alpha value is -0.920. The van der Waals surface area contributed by atoms with E-state index in [0.717, 1.165) is 11.3 Å². The van der Waals surface area contributed by atoms with Crippen LogP contribution in [0, 0.1) is 18.8 Å². The SMILES string of the molecule is Cc1cc(S(=O)(=O)NCC(C)C2CC2)sc1C(=O)O. The normalized spacial score (nSPS) is 17.4. The van der Waals surface area contributed by atoms with Crippen molar-refractivity contribution in [1.29, 1.82) is 0 Å². The summed E-state index contributed by atoms with van der Waals surface area (Å²) < 4.78 is 26.8. The van der Waals surface area contributed by atoms with Gasteiger partial charge in [0.05, 0.1) is 0 Å². The minimum absolute atomic E-state index is 0.0744. The van der Waals surface area contributed by atoms with Crippen LogP contribution in [0.5, 0.6) is 0 Å². The van der Waals surface area contributed by atoms with Crippen molar-refractivity contribution in [3.63, 3.8) is 0 Å². The van der Waals surface area contributed by atoms with Gasteiger partial charge in [-0.2, -0.15) is 0 Å². The van der Waals surface area contributed by atoms with Gasteiger partial charge in [0.15, 0.2) is 0 Å². The van der Waals surface area contributed by atoms with Crippen LogP contribution in [-0.2, 0) is 10.0 Å². The second-order valence-corrected chi connectivity index (χ2v) is 8.10. The van der Waals surface area contributed by atoms with Gasteiger partial charge in [-0.05, 0) is 43.2 Å². The Balaban J connectivity index is 2.10. The number of sulfonamides is 1. The smallest absolute Gasteiger partial charge is 0.346 e. The minimum atomic E-state index is -3.59. The fraction of sp³-hybridized carbons (Fsp3) is 0.583. The third kappa shape index (κ3) is 3.34. The first-order chi connectivity index (χ1) is 8.81. The van der Waals surface area contributed by atoms with Crippen molar-refractivity contribution in [2.45, 2.75) is 30.9 Å². The number of hydrogen-bond donors (Lipinski definition) is 2. The first-order valence-electron chi connectivity index (χ1n) is 6.14. The maximum atomic E-state index is 12.1. The van der Waals surface area contributed by atoms with Crippen LogP contribution >= 0.6 is 11.3 Å². The average molecular weight is 303 g/mol. The zero-order valence-corrected chi connectivity index (χ0v) is 12.5. The summed E-state index contributed by atoms with van der Waals surface area (Å²) in [4.78, 5) is 11.0. The summed E-state index contributed by atoms with van der Waals surface area (Å²) in [5, 5.41) is 8.94. The first-order valence-corrected chi connectivity index (χ1v) is 8.44. The summed E-state index contributed by atoms with van der Waals surface area (Å²) in [5.41, 5.74) is 0.480. The second kappa shape index (κ2) is 5.22. The summed E-state index contributed by atoms with van der Waals surface area (Å²) >= 11 is 0.800. The van der Waals surface area contributed by atoms with E-state index in [1.807, 2.05) is 6.92 Å². The molecule has 0 bridgehead atoms. The molecule has 1 saturated carbocycles. The summed E-state index contributed by atoms with van der Waals surface area (Å²) in [6, 6.07) is 1.41. The predicted molar refractivity (Wildman–Crippen MR) is 73.1 cm³/mol. The van der Waals surface area contributed by atoms with Gasteiger partial charge in [-0.15, -0.1) is 11.3 Å². The lowest BCUT2D eigenvalue weighted by atomic mass is 10.1. The molecule has 0 radical (unpaired) electrons. The summed E-state index contributed by atoms with van der Waals surface area (Å²) in [6.07, 6.45) is 2.34. The van der Waals surface area contributed by atoms with Gasteiger partial charge in [0.1, 0.15) is 9.09 Å². The molecule has 1 atom stereocenters. The molecule has 1 heterocycles. The van der Waals surface area contributed by atoms with Gasteiger partial charge in [-0.3, -0.25) is 0 Å². The minimum Gasteiger partial charge on any atom is -0.477 e. The van der Waals surface area contributed by atoms with Gasteiger partial charge in [0.2, 0.25) is 10.0 Å². The van der Waals surface area contributed by atoms with E-state index in [1.54, 1.807) is 6.92 Å². The van der Waals surface area contributed by atoms with Gasteiger partial charge in [0, 0.05) is 6.54 Å². The highest BCUT2D eigenvalue weighted by Crippen LogP contribution is 2.36. The number of carboxylic acids is 1. The number of carbonyl (C=O) groups is 1. The maximum absolute atomic E-state index is 12.1. The average Bonchev–Trinajstić information content (AvgIpc) is 3.08. The quantitative estimate of drug-likeness (QED) is 0.843. The molecule has 0 saturated heterocycles. The molecule has 1 aliphatic carbocycles. The Kier molecular flexibility index (Phi) is 3.98. The third-order valence-electron chi connectivity index (χ3n) is 3.38. The van der Waals surface area contributed by atoms with Gasteiger partial charge in [-0.1, -0.05) is 6.92 Å². The molecule has 0 aromatic carbocycles. The lowest BCUT2D eigenvalue weighted by molar-refractivity contribution is 0.0701. The standard InChI is InChI=1S/C12H17NO4S2/c1-7-5-10(18-11(7)12(14)15)19(16,17)13-6-8(2)9-3-4-9/h5,8-9,13H,3-4,6H2,1-2H3,(H,14,15). The largest absolute Gasteiger partial charge is 0.477 e. The Morgan fingerprint density at radius 1 is 1.58 bits per heavy atom. The number of aryl methyl sites for hydroxylation is 1. The number of aromatic carboxylic acids is 1. The molecule has 0 aliphatic heterocycles. The number of thiophene rings is 1. The van der Waals surface area contributed by atoms with Crippen molar-refractivity contribution in [3.05, 3.63) is 16.5 Å². The maximum Gasteiger partial charge on any atom is 0.346 e. The zero-order valence-electron chi connectivity index (χ0n) is 10.8. The number of carboxylic acid groups (broad SMARTS) is 1. The Bertz CT molecular complexity index is 587. The monoisotopic (exact) mass is 303 g/mol. The van der Waals surface area contributed by atoms with Crippen LogP contribution in [0.15, 0.2) is 10.3 Å². The van der Waals surface area contributed by atoms with E-state index < -0.39 is 16.0 Å². The van der Waals surface area contributed by atoms with Crippen molar-refractivity contribution < 1.29 is 18.3 Å². The molecule has 7 heteroatoms. The van der Waals surface area contributed by atoms with Crippen molar-refractivity contribution in [3.8, 4) is 0 Å². The highest BCUT2D eigenvalue weighted by Gasteiger charge is 2.29. The molecule has 2 N–H and O–H groups in total. The van der Waals surface area contributed by atoms with E-state index in [9.17, 15) is 13.2 Å². The van der Waals surface area contributed by atoms with Crippen LogP contribution in [-0.4, -0.2) is 26.0 Å². The molecule has 2 rings (SSSR count). The molecule has 1 aromatic heterocycles. The fourth-order valence-corrected chi connectivity index (χ4v) is 4.51. The first kappa shape index (κ1) is 14.5. The molecular weight excluding hydrogens is 286 g/mol. The molecule has 0 spiro atoms. The molecule has 0 amide bonds. The van der Waals surface area contributed by atoms with Gasteiger partial charge >= 0.3 is 5.97 Å². The summed E-state index contributed by atoms with van der Waals surface area (Å²) in [5.74, 6) is -0.132. The fourth-order valence-electron chi connectivity index (χ4n) is 1.94. The highest BCUT2D eigenvalue weighted by atomic mass is 32.2. The van der Waals surface area contributed by atoms with Crippen LogP contribution in [0.2, 0.25) is 0 Å². The molecule has 1 aliphatic rings. The van der Waals surface area contributed by atoms with E-state index in [1.165, 1.54) is 18.9 Å². The van der Waals surface area contributed by atoms with Gasteiger partial charge < -0.3 is 5.11 Å². The molecule has 1 fully saturated rings. The predicted octanol–water partition coefficient (Wildman–Crippen LogP) is 2.08. The molecule has 5 nitrogen and oxygen atoms in total. The topological polar surface area (TPSA) is 83.5 Å². The van der Waals surface area contributed by atoms with Crippen molar-refractivity contribution in [1.82, 2.24) is 4.72 Å². The number of hydrogen-bond acceptors (Lipinski definition) is 4. The zero-order chi connectivity index (χ0) is 14.2. The summed E-state index contributed by atoms with van der Waals surface area (Å²) in [6.45, 7) is 4.04. The number of nitrogens with one attached hydrogen (secondary N) is 1. The van der Waals surface area contributed by atoms with E-state index in [2.05, 4.69) is 4.72 Å². The molecule has 19 heavy (non-hydrogen) atoms. The highest BCUT2D eigenvalue weighted by molar-refractivity contribution is 7.91. The van der Waals surface area contributed by atoms with Crippen LogP contribution in [0.4, 0.5) is 0 Å². The van der Waals surface area contributed by atoms with E-state index in [0.29, 0.717) is 23.9 Å². The van der Waals surface area contributed by atoms with E-state index in [-0.39, 0.29) is 9.09 Å². The summed E-state index contributed by atoms with van der Waals surface area (Å²) in [7, 11) is -3.59. The Morgan fingerprint density at radius 3 is 2.68 bits per heavy atom. The molecule has 1 unspecified atom stereocenters. The van der Waals surface area contributed by atoms with Crippen molar-refractivity contribution in [2.75, 3.05) is 6.54 Å². The van der Waals surface area contributed by atoms with Crippen LogP contribution < -0.4 is 4.72 Å². The third-order valence-corrected chi connectivity index (χ3v) is 6.50. The lowest BCUT2D eigenvalue weighted by Gasteiger charge is -2.10. The van der Waals surface area contributed by atoms with Crippen molar-refractivity contribution >= 4 is 27.3 Å². The Morgan fingerprint density at radius 2 is 2.21 bits per heavy atom. The molecule has 1 aromatic rings. The van der Waals surface area contributed by atoms with E-state index in [4.69, 9.17) is 5.11 Å². The van der Waals surface area contributed by atoms with E-state index >= 15 is 0 Å². The van der Waals surface area contributed by atoms with Crippen LogP contribution in [0.25, 0.3) is 0 Å². The molecule has 106 valence electrons. The number of rotatable bonds is 6. The van der Waals surface area contributed by atoms with Crippen LogP contribution in [0.3, 0.4) is 0 Å². The van der Waals surface area contributed by atoms with Crippen LogP contribution in [0.1, 0.15) is 35.0 Å².